The normalized spacial score (nSPS) is 11.8. The molecule has 0 unspecified atom stereocenters. The van der Waals surface area contributed by atoms with Gasteiger partial charge in [-0.05, 0) is 46.5 Å². The molecule has 0 fully saturated rings. The summed E-state index contributed by atoms with van der Waals surface area (Å²) in [6.45, 7) is 4.29. The summed E-state index contributed by atoms with van der Waals surface area (Å²) in [7, 11) is -1.08. The van der Waals surface area contributed by atoms with Crippen molar-refractivity contribution in [3.63, 3.8) is 0 Å². The second kappa shape index (κ2) is 16.8. The molecule has 0 aliphatic carbocycles. The van der Waals surface area contributed by atoms with Crippen molar-refractivity contribution in [2.75, 3.05) is 14.1 Å². The monoisotopic (exact) mass is 629 g/mol. The van der Waals surface area contributed by atoms with Crippen LogP contribution in [0.1, 0.15) is 25.5 Å². The second-order valence-corrected chi connectivity index (χ2v) is 10.8. The van der Waals surface area contributed by atoms with E-state index in [2.05, 4.69) is 142 Å². The maximum absolute atomic E-state index is 8.49. The molecule has 0 N–H and O–H groups in total. The zero-order valence-corrected chi connectivity index (χ0v) is 24.4. The molecule has 0 aliphatic rings. The van der Waals surface area contributed by atoms with Crippen molar-refractivity contribution in [3.8, 4) is 0 Å². The summed E-state index contributed by atoms with van der Waals surface area (Å²) in [4.78, 5) is 2.21. The molecule has 0 aliphatic heterocycles. The first-order valence-corrected chi connectivity index (χ1v) is 14.0. The number of allylic oxidation sites excluding steroid dienone is 1. The van der Waals surface area contributed by atoms with Gasteiger partial charge in [-0.25, -0.2) is 18.6 Å². The average molecular weight is 630 g/mol. The fourth-order valence-corrected chi connectivity index (χ4v) is 5.37. The van der Waals surface area contributed by atoms with Crippen molar-refractivity contribution in [1.82, 2.24) is 4.90 Å². The molecule has 4 aromatic carbocycles. The Hall–Kier alpha value is -1.94. The maximum atomic E-state index is 8.49. The van der Waals surface area contributed by atoms with Crippen LogP contribution >= 0.6 is 7.92 Å². The molecule has 0 spiro atoms. The first-order chi connectivity index (χ1) is 17.1. The average Bonchev–Trinajstić information content (AvgIpc) is 2.87. The summed E-state index contributed by atoms with van der Waals surface area (Å²) in [5.41, 5.74) is 1.28. The molecule has 198 valence electrons. The molecule has 1 atom stereocenters. The van der Waals surface area contributed by atoms with Gasteiger partial charge in [-0.15, -0.1) is 32.6 Å². The quantitative estimate of drug-likeness (QED) is 0.192. The van der Waals surface area contributed by atoms with E-state index >= 15 is 0 Å². The molecule has 4 rings (SSSR count). The second-order valence-electron chi connectivity index (χ2n) is 8.02. The van der Waals surface area contributed by atoms with Gasteiger partial charge in [0.05, 0.1) is 0 Å². The van der Waals surface area contributed by atoms with Crippen molar-refractivity contribution in [2.45, 2.75) is 19.9 Å². The molecule has 37 heavy (non-hydrogen) atoms. The van der Waals surface area contributed by atoms with Crippen LogP contribution in [0.25, 0.3) is 10.8 Å². The standard InChI is InChI=1S/C15H15P.C14H16N.ClHO4.Pd/c1-2-13-16(14-9-5-3-6-10-14)15-11-7-4-8-12-15;1-11(15(2)3)13-10-6-8-12-7-4-5-9-14(12)13;2-1(3,4)5;/h2-13H,1H3;4-9,11H,1-3H3;(H,2,3,4,5);/q;-1;;+2/p-1/b13-2+;;;/t;11-;;/m.0../s1. The van der Waals surface area contributed by atoms with Crippen LogP contribution in [0.3, 0.4) is 0 Å². The summed E-state index contributed by atoms with van der Waals surface area (Å²) in [6, 6.07) is 37.7. The van der Waals surface area contributed by atoms with Gasteiger partial charge in [0.25, 0.3) is 0 Å². The van der Waals surface area contributed by atoms with Gasteiger partial charge in [-0.1, -0.05) is 90.8 Å². The van der Waals surface area contributed by atoms with Gasteiger partial charge in [-0.3, -0.25) is 0 Å². The Bertz CT molecular complexity index is 1150. The minimum absolute atomic E-state index is 0. The van der Waals surface area contributed by atoms with Crippen molar-refractivity contribution < 1.29 is 49.3 Å². The van der Waals surface area contributed by atoms with Crippen LogP contribution in [0.15, 0.2) is 109 Å². The first-order valence-electron chi connectivity index (χ1n) is 11.3. The SMILES string of the molecule is C/C=C/P(c1ccccc1)c1ccccc1.C[C@@H](c1[c-]ccc2ccccc12)N(C)C.[O-][Cl+3]([O-])([O-])[O-].[Pd+2]. The van der Waals surface area contributed by atoms with Gasteiger partial charge >= 0.3 is 20.4 Å². The maximum Gasteiger partial charge on any atom is 2.00 e. The Morgan fingerprint density at radius 2 is 1.24 bits per heavy atom. The summed E-state index contributed by atoms with van der Waals surface area (Å²) < 4.78 is 34.0. The number of fused-ring (bicyclic) bond motifs is 1. The molecular weight excluding hydrogens is 599 g/mol. The third-order valence-corrected chi connectivity index (χ3v) is 7.62. The van der Waals surface area contributed by atoms with Crippen LogP contribution in [-0.2, 0) is 20.4 Å². The predicted octanol–water partition coefficient (Wildman–Crippen LogP) is 2.16. The molecule has 0 bridgehead atoms. The smallest absolute Gasteiger partial charge is 0.305 e. The van der Waals surface area contributed by atoms with E-state index in [-0.39, 0.29) is 28.3 Å². The van der Waals surface area contributed by atoms with E-state index in [1.54, 1.807) is 0 Å². The fourth-order valence-electron chi connectivity index (χ4n) is 3.44. The van der Waals surface area contributed by atoms with Crippen LogP contribution in [0, 0.1) is 16.3 Å². The Morgan fingerprint density at radius 1 is 0.784 bits per heavy atom. The number of hydrogen-bond acceptors (Lipinski definition) is 5. The van der Waals surface area contributed by atoms with E-state index in [0.717, 1.165) is 0 Å². The molecule has 8 heteroatoms. The number of halogens is 1. The van der Waals surface area contributed by atoms with Crippen molar-refractivity contribution >= 4 is 29.3 Å². The molecular formula is C29H31ClNO4PPd. The van der Waals surface area contributed by atoms with Gasteiger partial charge in [-0.2, -0.15) is 18.2 Å². The van der Waals surface area contributed by atoms with Gasteiger partial charge in [0.15, 0.2) is 0 Å². The van der Waals surface area contributed by atoms with Crippen LogP contribution in [0.2, 0.25) is 0 Å². The minimum atomic E-state index is -4.94. The van der Waals surface area contributed by atoms with E-state index in [0.29, 0.717) is 6.04 Å². The molecule has 5 nitrogen and oxygen atoms in total. The predicted molar refractivity (Wildman–Crippen MR) is 139 cm³/mol. The Morgan fingerprint density at radius 3 is 1.70 bits per heavy atom. The minimum Gasteiger partial charge on any atom is -0.305 e. The number of benzene rings is 4. The van der Waals surface area contributed by atoms with Gasteiger partial charge in [0, 0.05) is 6.04 Å². The van der Waals surface area contributed by atoms with Gasteiger partial charge < -0.3 is 4.90 Å². The largest absolute Gasteiger partial charge is 2.00 e. The molecule has 4 aromatic rings. The fraction of sp³-hybridized carbons (Fsp3) is 0.172. The van der Waals surface area contributed by atoms with E-state index < -0.39 is 10.2 Å². The van der Waals surface area contributed by atoms with Gasteiger partial charge in [0.1, 0.15) is 0 Å². The van der Waals surface area contributed by atoms with E-state index in [4.69, 9.17) is 18.6 Å². The third-order valence-electron chi connectivity index (χ3n) is 5.31. The molecule has 0 saturated carbocycles. The van der Waals surface area contributed by atoms with Gasteiger partial charge in [0.2, 0.25) is 0 Å². The number of nitrogens with zero attached hydrogens (tertiary/aromatic N) is 1. The Balaban J connectivity index is 0.000000307. The van der Waals surface area contributed by atoms with Crippen molar-refractivity contribution in [2.24, 2.45) is 0 Å². The summed E-state index contributed by atoms with van der Waals surface area (Å²) in [6.07, 6.45) is 2.14. The van der Waals surface area contributed by atoms with E-state index in [9.17, 15) is 0 Å². The van der Waals surface area contributed by atoms with Crippen molar-refractivity contribution in [3.05, 3.63) is 121 Å². The van der Waals surface area contributed by atoms with Crippen LogP contribution < -0.4 is 29.2 Å². The molecule has 0 aromatic heterocycles. The summed E-state index contributed by atoms with van der Waals surface area (Å²) >= 11 is 0. The van der Waals surface area contributed by atoms with E-state index in [1.165, 1.54) is 26.9 Å². The Labute approximate surface area is 237 Å². The first kappa shape index (κ1) is 33.1. The summed E-state index contributed by atoms with van der Waals surface area (Å²) in [5.74, 6) is 2.31. The zero-order valence-electron chi connectivity index (χ0n) is 21.2. The van der Waals surface area contributed by atoms with Crippen LogP contribution in [0.5, 0.6) is 0 Å². The number of hydrogen-bond donors (Lipinski definition) is 0. The van der Waals surface area contributed by atoms with E-state index in [1.807, 2.05) is 6.07 Å². The molecule has 0 saturated heterocycles. The molecule has 0 radical (unpaired) electrons. The molecule has 0 amide bonds. The topological polar surface area (TPSA) is 95.5 Å². The summed E-state index contributed by atoms with van der Waals surface area (Å²) in [5, 5.41) is 5.41. The van der Waals surface area contributed by atoms with Crippen LogP contribution in [-0.4, -0.2) is 19.0 Å². The zero-order chi connectivity index (χ0) is 26.6. The molecule has 0 heterocycles. The van der Waals surface area contributed by atoms with Crippen molar-refractivity contribution in [1.29, 1.82) is 0 Å². The number of rotatable bonds is 5. The van der Waals surface area contributed by atoms with Crippen LogP contribution in [0.4, 0.5) is 0 Å². The Kier molecular flexibility index (Phi) is 15.0. The third kappa shape index (κ3) is 12.0.